The molecule has 4 aliphatic carbocycles. The molecule has 5 fully saturated rings. The Balaban J connectivity index is 1.15. The van der Waals surface area contributed by atoms with Crippen molar-refractivity contribution < 1.29 is 29.1 Å². The maximum atomic E-state index is 14.3. The Morgan fingerprint density at radius 2 is 1.72 bits per heavy atom. The second-order valence-electron chi connectivity index (χ2n) is 13.6. The van der Waals surface area contributed by atoms with Crippen LogP contribution in [0, 0.1) is 23.2 Å². The lowest BCUT2D eigenvalue weighted by Crippen LogP contribution is -2.64. The summed E-state index contributed by atoms with van der Waals surface area (Å²) in [4.78, 5) is 74.7. The number of para-hydroxylation sites is 1. The molecule has 5 atom stereocenters. The van der Waals surface area contributed by atoms with Crippen LogP contribution in [0.3, 0.4) is 0 Å². The van der Waals surface area contributed by atoms with Gasteiger partial charge in [0.25, 0.3) is 0 Å². The number of carbonyl (C=O) groups is 5. The minimum absolute atomic E-state index is 0.0134. The molecule has 4 saturated carbocycles. The minimum Gasteiger partial charge on any atom is -0.391 e. The van der Waals surface area contributed by atoms with Crippen LogP contribution in [0.2, 0.25) is 5.02 Å². The summed E-state index contributed by atoms with van der Waals surface area (Å²) >= 11 is 6.38. The number of hydrogen-bond acceptors (Lipinski definition) is 6. The number of ketones is 2. The van der Waals surface area contributed by atoms with Gasteiger partial charge >= 0.3 is 0 Å². The zero-order chi connectivity index (χ0) is 32.3. The van der Waals surface area contributed by atoms with E-state index in [0.717, 1.165) is 22.0 Å². The van der Waals surface area contributed by atoms with Gasteiger partial charge in [-0.05, 0) is 48.9 Å². The lowest BCUT2D eigenvalue weighted by molar-refractivity contribution is -0.173. The molecule has 3 aromatic rings. The first-order valence-electron chi connectivity index (χ1n) is 16.0. The number of nitrogens with one attached hydrogen (secondary N) is 2. The fourth-order valence-electron chi connectivity index (χ4n) is 8.50. The van der Waals surface area contributed by atoms with Gasteiger partial charge in [-0.25, -0.2) is 0 Å². The maximum absolute atomic E-state index is 14.3. The third kappa shape index (κ3) is 5.11. The van der Waals surface area contributed by atoms with Crippen molar-refractivity contribution in [3.8, 4) is 0 Å². The molecule has 11 heteroatoms. The van der Waals surface area contributed by atoms with Crippen LogP contribution in [-0.2, 0) is 36.9 Å². The molecule has 8 rings (SSSR count). The van der Waals surface area contributed by atoms with Crippen LogP contribution >= 0.6 is 11.6 Å². The fraction of sp³-hybridized carbons (Fsp3) is 0.457. The smallest absolute Gasteiger partial charge is 0.245 e. The predicted molar refractivity (Wildman–Crippen MR) is 169 cm³/mol. The number of amides is 3. The molecule has 3 N–H and O–H groups in total. The van der Waals surface area contributed by atoms with E-state index in [1.807, 2.05) is 48.7 Å². The van der Waals surface area contributed by atoms with Crippen molar-refractivity contribution in [2.45, 2.75) is 63.3 Å². The number of rotatable bonds is 8. The minimum atomic E-state index is -1.33. The normalized spacial score (nSPS) is 28.9. The second-order valence-corrected chi connectivity index (χ2v) is 14.0. The lowest BCUT2D eigenvalue weighted by atomic mass is 9.48. The monoisotopic (exact) mass is 644 g/mol. The van der Waals surface area contributed by atoms with E-state index >= 15 is 0 Å². The quantitative estimate of drug-likeness (QED) is 0.322. The summed E-state index contributed by atoms with van der Waals surface area (Å²) in [6.45, 7) is 0.131. The van der Waals surface area contributed by atoms with Gasteiger partial charge in [-0.3, -0.25) is 24.0 Å². The maximum Gasteiger partial charge on any atom is 0.245 e. The lowest BCUT2D eigenvalue weighted by Gasteiger charge is -2.54. The number of carbonyl (C=O) groups excluding carboxylic acids is 5. The number of Topliss-reactive ketones (excluding diaryl/α,β-unsaturated/α-hetero) is 2. The van der Waals surface area contributed by atoms with E-state index in [-0.39, 0.29) is 74.0 Å². The van der Waals surface area contributed by atoms with Gasteiger partial charge in [0.1, 0.15) is 23.3 Å². The molecule has 46 heavy (non-hydrogen) atoms. The van der Waals surface area contributed by atoms with Crippen molar-refractivity contribution in [1.29, 1.82) is 0 Å². The van der Waals surface area contributed by atoms with Crippen molar-refractivity contribution >= 4 is 51.8 Å². The number of hydrogen-bond donors (Lipinski definition) is 3. The summed E-state index contributed by atoms with van der Waals surface area (Å²) < 4.78 is 0. The van der Waals surface area contributed by atoms with Gasteiger partial charge in [-0.15, -0.1) is 0 Å². The molecule has 0 radical (unpaired) electrons. The third-order valence-electron chi connectivity index (χ3n) is 10.7. The summed E-state index contributed by atoms with van der Waals surface area (Å²) in [5.41, 5.74) is 1.16. The number of fused-ring (bicyclic) bond motifs is 1. The molecule has 0 spiro atoms. The summed E-state index contributed by atoms with van der Waals surface area (Å²) in [5, 5.41) is 15.1. The Morgan fingerprint density at radius 1 is 1.02 bits per heavy atom. The molecule has 5 aliphatic rings. The molecule has 2 heterocycles. The average Bonchev–Trinajstić information content (AvgIpc) is 3.64. The van der Waals surface area contributed by atoms with E-state index in [0.29, 0.717) is 17.9 Å². The standard InChI is InChI=1S/C35H37ClN4O6/c1-39(17-19-6-2-4-8-26(19)36)33(45)28(12-23-16-37-27-9-5-3-7-25(23)27)38-32(44)29-13-24(41)18-40(29)34(46)35-14-21-10-20(31(35)43)11-22(15-35)30(21)42/h2-9,16,20-22,24,28-29,37,41H,10-15,17-18H2,1H3,(H,38,44). The Kier molecular flexibility index (Phi) is 7.76. The van der Waals surface area contributed by atoms with Gasteiger partial charge in [-0.2, -0.15) is 0 Å². The van der Waals surface area contributed by atoms with Crippen molar-refractivity contribution in [3.63, 3.8) is 0 Å². The third-order valence-corrected chi connectivity index (χ3v) is 11.1. The summed E-state index contributed by atoms with van der Waals surface area (Å²) in [6.07, 6.45) is 2.36. The van der Waals surface area contributed by atoms with Crippen molar-refractivity contribution in [1.82, 2.24) is 20.1 Å². The highest BCUT2D eigenvalue weighted by molar-refractivity contribution is 6.31. The zero-order valence-electron chi connectivity index (χ0n) is 25.6. The van der Waals surface area contributed by atoms with Crippen LogP contribution in [0.15, 0.2) is 54.7 Å². The van der Waals surface area contributed by atoms with Crippen LogP contribution in [0.25, 0.3) is 10.9 Å². The zero-order valence-corrected chi connectivity index (χ0v) is 26.3. The highest BCUT2D eigenvalue weighted by atomic mass is 35.5. The number of benzene rings is 2. The van der Waals surface area contributed by atoms with E-state index in [2.05, 4.69) is 10.3 Å². The van der Waals surface area contributed by atoms with E-state index < -0.39 is 35.4 Å². The molecule has 5 unspecified atom stereocenters. The summed E-state index contributed by atoms with van der Waals surface area (Å²) in [5.74, 6) is -2.32. The van der Waals surface area contributed by atoms with Gasteiger partial charge < -0.3 is 25.2 Å². The van der Waals surface area contributed by atoms with Crippen LogP contribution in [-0.4, -0.2) is 81.0 Å². The first-order chi connectivity index (χ1) is 22.1. The average molecular weight is 645 g/mol. The van der Waals surface area contributed by atoms with Crippen molar-refractivity contribution in [2.75, 3.05) is 13.6 Å². The molecule has 1 aliphatic heterocycles. The number of halogens is 1. The largest absolute Gasteiger partial charge is 0.391 e. The Bertz CT molecular complexity index is 1740. The van der Waals surface area contributed by atoms with Gasteiger partial charge in [0, 0.05) is 72.9 Å². The summed E-state index contributed by atoms with van der Waals surface area (Å²) in [7, 11) is 1.65. The Hall–Kier alpha value is -4.02. The van der Waals surface area contributed by atoms with Gasteiger partial charge in [0.2, 0.25) is 17.7 Å². The summed E-state index contributed by atoms with van der Waals surface area (Å²) in [6, 6.07) is 12.9. The molecular weight excluding hydrogens is 608 g/mol. The number of aliphatic hydroxyl groups excluding tert-OH is 1. The molecule has 10 nitrogen and oxygen atoms in total. The molecule has 240 valence electrons. The van der Waals surface area contributed by atoms with Crippen LogP contribution < -0.4 is 5.32 Å². The number of likely N-dealkylation sites (N-methyl/N-ethyl adjacent to an activating group) is 1. The highest BCUT2D eigenvalue weighted by Crippen LogP contribution is 2.57. The van der Waals surface area contributed by atoms with Crippen LogP contribution in [0.1, 0.15) is 43.2 Å². The van der Waals surface area contributed by atoms with Gasteiger partial charge in [-0.1, -0.05) is 48.0 Å². The van der Waals surface area contributed by atoms with Gasteiger partial charge in [0.15, 0.2) is 5.78 Å². The van der Waals surface area contributed by atoms with Crippen molar-refractivity contribution in [3.05, 3.63) is 70.9 Å². The number of aliphatic hydroxyl groups is 1. The van der Waals surface area contributed by atoms with Crippen molar-refractivity contribution in [2.24, 2.45) is 23.2 Å². The number of β-amino-alcohol motifs (C(OH)–C–C–N with tert-alkyl or cyclic N) is 1. The number of likely N-dealkylation sites (tertiary alicyclic amines) is 1. The first-order valence-corrected chi connectivity index (χ1v) is 16.3. The van der Waals surface area contributed by atoms with Crippen LogP contribution in [0.5, 0.6) is 0 Å². The highest BCUT2D eigenvalue weighted by Gasteiger charge is 2.65. The molecule has 1 saturated heterocycles. The molecule has 2 aromatic carbocycles. The van der Waals surface area contributed by atoms with Gasteiger partial charge in [0.05, 0.1) is 6.10 Å². The number of aromatic nitrogens is 1. The number of nitrogens with zero attached hydrogens (tertiary/aromatic N) is 2. The Labute approximate surface area is 271 Å². The van der Waals surface area contributed by atoms with E-state index in [9.17, 15) is 29.1 Å². The number of aromatic amines is 1. The van der Waals surface area contributed by atoms with Crippen LogP contribution in [0.4, 0.5) is 0 Å². The Morgan fingerprint density at radius 3 is 2.46 bits per heavy atom. The number of H-pyrrole nitrogens is 1. The fourth-order valence-corrected chi connectivity index (χ4v) is 8.70. The SMILES string of the molecule is CN(Cc1ccccc1Cl)C(=O)C(Cc1c[nH]c2ccccc12)NC(=O)C1CC(O)CN1C(=O)C12CC3CC(CC(C1)C3=O)C2=O. The molecule has 4 bridgehead atoms. The van der Waals surface area contributed by atoms with E-state index in [4.69, 9.17) is 11.6 Å². The van der Waals surface area contributed by atoms with E-state index in [1.165, 1.54) is 9.80 Å². The second kappa shape index (κ2) is 11.7. The molecule has 3 amide bonds. The topological polar surface area (TPSA) is 140 Å². The van der Waals surface area contributed by atoms with E-state index in [1.54, 1.807) is 13.1 Å². The predicted octanol–water partition coefficient (Wildman–Crippen LogP) is 3.04. The molecule has 1 aromatic heterocycles. The first kappa shape index (κ1) is 30.6. The molecular formula is C35H37ClN4O6.